The molecule has 1 fully saturated rings. The summed E-state index contributed by atoms with van der Waals surface area (Å²) in [7, 11) is 0.218. The summed E-state index contributed by atoms with van der Waals surface area (Å²) in [6.07, 6.45) is 0.812. The summed E-state index contributed by atoms with van der Waals surface area (Å²) in [4.78, 5) is 15.9. The number of nitriles is 1. The second-order valence-electron chi connectivity index (χ2n) is 6.53. The van der Waals surface area contributed by atoms with Gasteiger partial charge in [0.05, 0.1) is 37.7 Å². The quantitative estimate of drug-likeness (QED) is 0.671. The van der Waals surface area contributed by atoms with E-state index in [2.05, 4.69) is 0 Å². The third-order valence-electron chi connectivity index (χ3n) is 4.59. The summed E-state index contributed by atoms with van der Waals surface area (Å²) in [6, 6.07) is 9.38. The highest BCUT2D eigenvalue weighted by Crippen LogP contribution is 2.21. The van der Waals surface area contributed by atoms with Gasteiger partial charge in [0.15, 0.2) is 9.84 Å². The summed E-state index contributed by atoms with van der Waals surface area (Å²) >= 11 is 0. The maximum Gasteiger partial charge on any atom is 0.236 e. The monoisotopic (exact) mass is 379 g/mol. The molecule has 0 radical (unpaired) electrons. The molecule has 8 heteroatoms. The van der Waals surface area contributed by atoms with Crippen molar-refractivity contribution in [3.63, 3.8) is 0 Å². The van der Waals surface area contributed by atoms with Crippen LogP contribution < -0.4 is 4.74 Å². The van der Waals surface area contributed by atoms with Gasteiger partial charge in [0.25, 0.3) is 0 Å². The number of likely N-dealkylation sites (N-methyl/N-ethyl adjacent to an activating group) is 1. The van der Waals surface area contributed by atoms with Crippen molar-refractivity contribution in [2.24, 2.45) is 0 Å². The van der Waals surface area contributed by atoms with Gasteiger partial charge in [-0.25, -0.2) is 8.42 Å². The number of amides is 1. The normalized spacial score (nSPS) is 18.5. The second kappa shape index (κ2) is 9.01. The highest BCUT2D eigenvalue weighted by atomic mass is 32.2. The number of benzene rings is 1. The van der Waals surface area contributed by atoms with Crippen molar-refractivity contribution in [2.45, 2.75) is 25.4 Å². The maximum atomic E-state index is 12.5. The van der Waals surface area contributed by atoms with Crippen molar-refractivity contribution in [1.29, 1.82) is 5.26 Å². The molecule has 0 bridgehead atoms. The first-order valence-electron chi connectivity index (χ1n) is 8.53. The third-order valence-corrected chi connectivity index (χ3v) is 6.34. The summed E-state index contributed by atoms with van der Waals surface area (Å²) in [5.74, 6) is 0.877. The van der Waals surface area contributed by atoms with E-state index in [1.165, 1.54) is 4.90 Å². The van der Waals surface area contributed by atoms with Crippen LogP contribution in [-0.2, 0) is 21.2 Å². The number of ether oxygens (including phenoxy) is 1. The molecule has 26 heavy (non-hydrogen) atoms. The Hall–Kier alpha value is -2.11. The number of hydrogen-bond acceptors (Lipinski definition) is 6. The molecule has 1 aliphatic rings. The Bertz CT molecular complexity index is 756. The molecule has 1 aliphatic heterocycles. The number of carbonyl (C=O) groups excluding carboxylic acids is 1. The van der Waals surface area contributed by atoms with Gasteiger partial charge in [-0.2, -0.15) is 5.26 Å². The van der Waals surface area contributed by atoms with Gasteiger partial charge >= 0.3 is 0 Å². The number of rotatable bonds is 8. The fourth-order valence-corrected chi connectivity index (χ4v) is 4.74. The van der Waals surface area contributed by atoms with E-state index in [-0.39, 0.29) is 36.4 Å². The average molecular weight is 379 g/mol. The van der Waals surface area contributed by atoms with Crippen molar-refractivity contribution in [1.82, 2.24) is 9.80 Å². The zero-order valence-electron chi connectivity index (χ0n) is 15.2. The van der Waals surface area contributed by atoms with Crippen molar-refractivity contribution in [3.8, 4) is 11.8 Å². The van der Waals surface area contributed by atoms with Crippen molar-refractivity contribution in [2.75, 3.05) is 38.8 Å². The van der Waals surface area contributed by atoms with Crippen molar-refractivity contribution in [3.05, 3.63) is 29.8 Å². The van der Waals surface area contributed by atoms with E-state index < -0.39 is 9.84 Å². The van der Waals surface area contributed by atoms with Crippen molar-refractivity contribution >= 4 is 15.7 Å². The lowest BCUT2D eigenvalue weighted by Gasteiger charge is -2.29. The van der Waals surface area contributed by atoms with Crippen LogP contribution in [0.5, 0.6) is 5.75 Å². The molecule has 0 N–H and O–H groups in total. The van der Waals surface area contributed by atoms with E-state index >= 15 is 0 Å². The molecule has 1 heterocycles. The molecule has 7 nitrogen and oxygen atoms in total. The van der Waals surface area contributed by atoms with Crippen LogP contribution in [0.3, 0.4) is 0 Å². The Morgan fingerprint density at radius 1 is 1.35 bits per heavy atom. The maximum absolute atomic E-state index is 12.5. The van der Waals surface area contributed by atoms with Gasteiger partial charge in [-0.15, -0.1) is 0 Å². The molecule has 1 unspecified atom stereocenters. The van der Waals surface area contributed by atoms with E-state index in [1.807, 2.05) is 35.2 Å². The SMILES string of the molecule is COc1ccc(CN(CC(=O)N(C)CCC#N)C2CCS(=O)(=O)C2)cc1. The van der Waals surface area contributed by atoms with Crippen LogP contribution in [-0.4, -0.2) is 68.9 Å². The Morgan fingerprint density at radius 3 is 2.58 bits per heavy atom. The highest BCUT2D eigenvalue weighted by Gasteiger charge is 2.33. The topological polar surface area (TPSA) is 90.7 Å². The number of carbonyl (C=O) groups is 1. The fraction of sp³-hybridized carbons (Fsp3) is 0.556. The lowest BCUT2D eigenvalue weighted by Crippen LogP contribution is -2.44. The standard InChI is InChI=1S/C18H25N3O4S/c1-20(10-3-9-19)18(22)13-21(16-8-11-26(23,24)14-16)12-15-4-6-17(25-2)7-5-15/h4-7,16H,3,8,10-14H2,1-2H3. The summed E-state index contributed by atoms with van der Waals surface area (Å²) in [5.41, 5.74) is 0.988. The van der Waals surface area contributed by atoms with Crippen LogP contribution in [0.15, 0.2) is 24.3 Å². The van der Waals surface area contributed by atoms with Gasteiger partial charge in [-0.1, -0.05) is 12.1 Å². The molecule has 0 saturated carbocycles. The molecule has 0 aromatic heterocycles. The van der Waals surface area contributed by atoms with Crippen molar-refractivity contribution < 1.29 is 17.9 Å². The van der Waals surface area contributed by atoms with E-state index in [0.717, 1.165) is 11.3 Å². The first kappa shape index (κ1) is 20.2. The molecule has 1 aromatic rings. The van der Waals surface area contributed by atoms with Crippen LogP contribution in [0.25, 0.3) is 0 Å². The van der Waals surface area contributed by atoms with E-state index in [1.54, 1.807) is 14.2 Å². The van der Waals surface area contributed by atoms with Crippen LogP contribution in [0.1, 0.15) is 18.4 Å². The van der Waals surface area contributed by atoms with Gasteiger partial charge in [0.1, 0.15) is 5.75 Å². The Balaban J connectivity index is 2.10. The predicted octanol–water partition coefficient (Wildman–Crippen LogP) is 1.06. The second-order valence-corrected chi connectivity index (χ2v) is 8.76. The van der Waals surface area contributed by atoms with Crippen LogP contribution >= 0.6 is 0 Å². The minimum absolute atomic E-state index is 0.0817. The zero-order valence-corrected chi connectivity index (χ0v) is 16.0. The highest BCUT2D eigenvalue weighted by molar-refractivity contribution is 7.91. The molecular weight excluding hydrogens is 354 g/mol. The first-order valence-corrected chi connectivity index (χ1v) is 10.3. The molecule has 1 atom stereocenters. The van der Waals surface area contributed by atoms with Crippen LogP contribution in [0.2, 0.25) is 0 Å². The minimum Gasteiger partial charge on any atom is -0.497 e. The Kier molecular flexibility index (Phi) is 7.00. The fourth-order valence-electron chi connectivity index (χ4n) is 2.98. The van der Waals surface area contributed by atoms with E-state index in [0.29, 0.717) is 19.5 Å². The average Bonchev–Trinajstić information content (AvgIpc) is 2.99. The molecule has 0 spiro atoms. The number of methoxy groups -OCH3 is 1. The van der Waals surface area contributed by atoms with Gasteiger partial charge in [-0.3, -0.25) is 9.69 Å². The first-order chi connectivity index (χ1) is 12.3. The van der Waals surface area contributed by atoms with Gasteiger partial charge < -0.3 is 9.64 Å². The van der Waals surface area contributed by atoms with E-state index in [9.17, 15) is 13.2 Å². The Morgan fingerprint density at radius 2 is 2.04 bits per heavy atom. The number of nitrogens with zero attached hydrogens (tertiary/aromatic N) is 3. The molecule has 2 rings (SSSR count). The lowest BCUT2D eigenvalue weighted by atomic mass is 10.1. The van der Waals surface area contributed by atoms with Gasteiger partial charge in [0.2, 0.25) is 5.91 Å². The lowest BCUT2D eigenvalue weighted by molar-refractivity contribution is -0.131. The molecule has 1 saturated heterocycles. The van der Waals surface area contributed by atoms with Crippen LogP contribution in [0, 0.1) is 11.3 Å². The molecule has 142 valence electrons. The molecule has 1 amide bonds. The largest absolute Gasteiger partial charge is 0.497 e. The smallest absolute Gasteiger partial charge is 0.236 e. The predicted molar refractivity (Wildman–Crippen MR) is 98.3 cm³/mol. The molecular formula is C18H25N3O4S. The van der Waals surface area contributed by atoms with Gasteiger partial charge in [0, 0.05) is 26.2 Å². The Labute approximate surface area is 155 Å². The van der Waals surface area contributed by atoms with E-state index in [4.69, 9.17) is 10.00 Å². The van der Waals surface area contributed by atoms with Crippen LogP contribution in [0.4, 0.5) is 0 Å². The van der Waals surface area contributed by atoms with Gasteiger partial charge in [-0.05, 0) is 24.1 Å². The molecule has 1 aromatic carbocycles. The number of hydrogen-bond donors (Lipinski definition) is 0. The summed E-state index contributed by atoms with van der Waals surface area (Å²) in [5, 5.41) is 8.67. The zero-order chi connectivity index (χ0) is 19.2. The number of sulfone groups is 1. The molecule has 0 aliphatic carbocycles. The minimum atomic E-state index is -3.04. The summed E-state index contributed by atoms with van der Waals surface area (Å²) < 4.78 is 28.9. The summed E-state index contributed by atoms with van der Waals surface area (Å²) in [6.45, 7) is 0.991. The third kappa shape index (κ3) is 5.71.